The van der Waals surface area contributed by atoms with Crippen molar-refractivity contribution in [3.63, 3.8) is 0 Å². The van der Waals surface area contributed by atoms with Gasteiger partial charge in [-0.3, -0.25) is 9.59 Å². The Morgan fingerprint density at radius 3 is 2.37 bits per heavy atom. The molecule has 1 amide bonds. The molecule has 0 aliphatic carbocycles. The summed E-state index contributed by atoms with van der Waals surface area (Å²) < 4.78 is 12.9. The fourth-order valence-electron chi connectivity index (χ4n) is 3.47. The summed E-state index contributed by atoms with van der Waals surface area (Å²) in [7, 11) is 3.31. The second-order valence-electron chi connectivity index (χ2n) is 6.97. The maximum absolute atomic E-state index is 12.9. The van der Waals surface area contributed by atoms with E-state index in [1.54, 1.807) is 19.1 Å². The van der Waals surface area contributed by atoms with Gasteiger partial charge in [-0.05, 0) is 37.6 Å². The Morgan fingerprint density at radius 1 is 1.11 bits per heavy atom. The van der Waals surface area contributed by atoms with E-state index in [-0.39, 0.29) is 23.1 Å². The van der Waals surface area contributed by atoms with E-state index in [1.807, 2.05) is 44.2 Å². The SMILES string of the molecule is COc1ccccc1OC1CCN(C(=O)c2c(C)cc(C)n(C)c2=O)CC1. The van der Waals surface area contributed by atoms with E-state index in [9.17, 15) is 9.59 Å². The van der Waals surface area contributed by atoms with Crippen molar-refractivity contribution < 1.29 is 14.3 Å². The predicted octanol–water partition coefficient (Wildman–Crippen LogP) is 2.69. The van der Waals surface area contributed by atoms with Gasteiger partial charge >= 0.3 is 0 Å². The number of pyridine rings is 1. The predicted molar refractivity (Wildman–Crippen MR) is 104 cm³/mol. The number of carbonyl (C=O) groups is 1. The second kappa shape index (κ2) is 7.86. The highest BCUT2D eigenvalue weighted by Crippen LogP contribution is 2.29. The van der Waals surface area contributed by atoms with Gasteiger partial charge in [-0.2, -0.15) is 0 Å². The quantitative estimate of drug-likeness (QED) is 0.830. The molecule has 3 rings (SSSR count). The zero-order valence-corrected chi connectivity index (χ0v) is 16.3. The zero-order valence-electron chi connectivity index (χ0n) is 16.3. The molecule has 0 spiro atoms. The van der Waals surface area contributed by atoms with Crippen LogP contribution in [-0.4, -0.2) is 41.7 Å². The first-order valence-corrected chi connectivity index (χ1v) is 9.18. The number of benzene rings is 1. The Labute approximate surface area is 159 Å². The number of aryl methyl sites for hydroxylation is 2. The molecule has 27 heavy (non-hydrogen) atoms. The molecule has 6 nitrogen and oxygen atoms in total. The average Bonchev–Trinajstić information content (AvgIpc) is 2.67. The van der Waals surface area contributed by atoms with Crippen LogP contribution < -0.4 is 15.0 Å². The summed E-state index contributed by atoms with van der Waals surface area (Å²) in [5.74, 6) is 1.23. The van der Waals surface area contributed by atoms with Crippen LogP contribution >= 0.6 is 0 Å². The summed E-state index contributed by atoms with van der Waals surface area (Å²) >= 11 is 0. The van der Waals surface area contributed by atoms with E-state index >= 15 is 0 Å². The highest BCUT2D eigenvalue weighted by Gasteiger charge is 2.28. The lowest BCUT2D eigenvalue weighted by molar-refractivity contribution is 0.0587. The highest BCUT2D eigenvalue weighted by atomic mass is 16.5. The number of methoxy groups -OCH3 is 1. The normalized spacial score (nSPS) is 14.9. The third-order valence-corrected chi connectivity index (χ3v) is 5.17. The van der Waals surface area contributed by atoms with Gasteiger partial charge in [0, 0.05) is 38.7 Å². The lowest BCUT2D eigenvalue weighted by atomic mass is 10.0. The summed E-state index contributed by atoms with van der Waals surface area (Å²) in [5, 5.41) is 0. The Balaban J connectivity index is 1.68. The van der Waals surface area contributed by atoms with Crippen molar-refractivity contribution in [1.82, 2.24) is 9.47 Å². The lowest BCUT2D eigenvalue weighted by Gasteiger charge is -2.32. The fourth-order valence-corrected chi connectivity index (χ4v) is 3.47. The molecule has 1 aliphatic heterocycles. The minimum absolute atomic E-state index is 0.0206. The summed E-state index contributed by atoms with van der Waals surface area (Å²) in [6.45, 7) is 4.81. The zero-order chi connectivity index (χ0) is 19.6. The second-order valence-corrected chi connectivity index (χ2v) is 6.97. The van der Waals surface area contributed by atoms with Crippen molar-refractivity contribution in [2.24, 2.45) is 7.05 Å². The van der Waals surface area contributed by atoms with E-state index < -0.39 is 0 Å². The Hall–Kier alpha value is -2.76. The number of hydrogen-bond acceptors (Lipinski definition) is 4. The molecule has 144 valence electrons. The first kappa shape index (κ1) is 19.0. The van der Waals surface area contributed by atoms with Crippen LogP contribution in [0.4, 0.5) is 0 Å². The molecule has 0 radical (unpaired) electrons. The Bertz CT molecular complexity index is 896. The fraction of sp³-hybridized carbons (Fsp3) is 0.429. The number of rotatable bonds is 4. The molecule has 0 bridgehead atoms. The highest BCUT2D eigenvalue weighted by molar-refractivity contribution is 5.95. The van der Waals surface area contributed by atoms with Crippen molar-refractivity contribution in [2.75, 3.05) is 20.2 Å². The summed E-state index contributed by atoms with van der Waals surface area (Å²) in [4.78, 5) is 27.2. The number of carbonyl (C=O) groups excluding carboxylic acids is 1. The molecule has 0 saturated carbocycles. The minimum atomic E-state index is -0.232. The molecule has 1 saturated heterocycles. The van der Waals surface area contributed by atoms with Crippen LogP contribution in [0.1, 0.15) is 34.5 Å². The van der Waals surface area contributed by atoms with Gasteiger partial charge in [-0.1, -0.05) is 12.1 Å². The maximum atomic E-state index is 12.9. The number of ether oxygens (including phenoxy) is 2. The molecule has 1 aromatic heterocycles. The van der Waals surface area contributed by atoms with Gasteiger partial charge in [0.25, 0.3) is 11.5 Å². The van der Waals surface area contributed by atoms with Crippen LogP contribution in [-0.2, 0) is 7.05 Å². The van der Waals surface area contributed by atoms with E-state index in [0.717, 1.165) is 24.1 Å². The summed E-state index contributed by atoms with van der Waals surface area (Å²) in [6, 6.07) is 9.44. The van der Waals surface area contributed by atoms with Crippen LogP contribution in [0.15, 0.2) is 35.1 Å². The molecule has 1 aliphatic rings. The third-order valence-electron chi connectivity index (χ3n) is 5.17. The topological polar surface area (TPSA) is 60.8 Å². The van der Waals surface area contributed by atoms with Gasteiger partial charge < -0.3 is 18.9 Å². The van der Waals surface area contributed by atoms with Crippen molar-refractivity contribution in [3.05, 3.63) is 57.5 Å². The third kappa shape index (κ3) is 3.84. The molecule has 1 fully saturated rings. The number of hydrogen-bond donors (Lipinski definition) is 0. The van der Waals surface area contributed by atoms with Crippen molar-refractivity contribution in [1.29, 1.82) is 0 Å². The van der Waals surface area contributed by atoms with Gasteiger partial charge in [-0.25, -0.2) is 0 Å². The molecule has 2 aromatic rings. The number of likely N-dealkylation sites (tertiary alicyclic amines) is 1. The monoisotopic (exact) mass is 370 g/mol. The molecule has 0 atom stereocenters. The van der Waals surface area contributed by atoms with Gasteiger partial charge in [-0.15, -0.1) is 0 Å². The molecule has 1 aromatic carbocycles. The van der Waals surface area contributed by atoms with E-state index in [4.69, 9.17) is 9.47 Å². The molecule has 2 heterocycles. The summed E-state index contributed by atoms with van der Waals surface area (Å²) in [6.07, 6.45) is 1.46. The molecule has 0 N–H and O–H groups in total. The summed E-state index contributed by atoms with van der Waals surface area (Å²) in [5.41, 5.74) is 1.61. The number of amides is 1. The van der Waals surface area contributed by atoms with Gasteiger partial charge in [0.15, 0.2) is 11.5 Å². The van der Waals surface area contributed by atoms with Gasteiger partial charge in [0.2, 0.25) is 0 Å². The maximum Gasteiger partial charge on any atom is 0.263 e. The van der Waals surface area contributed by atoms with Gasteiger partial charge in [0.05, 0.1) is 7.11 Å². The van der Waals surface area contributed by atoms with Crippen LogP contribution in [0.3, 0.4) is 0 Å². The van der Waals surface area contributed by atoms with Crippen LogP contribution in [0, 0.1) is 13.8 Å². The lowest BCUT2D eigenvalue weighted by Crippen LogP contribution is -2.44. The van der Waals surface area contributed by atoms with Crippen molar-refractivity contribution in [3.8, 4) is 11.5 Å². The largest absolute Gasteiger partial charge is 0.493 e. The Kier molecular flexibility index (Phi) is 5.54. The first-order valence-electron chi connectivity index (χ1n) is 9.18. The van der Waals surface area contributed by atoms with E-state index in [1.165, 1.54) is 4.57 Å². The smallest absolute Gasteiger partial charge is 0.263 e. The van der Waals surface area contributed by atoms with Crippen LogP contribution in [0.5, 0.6) is 11.5 Å². The first-order chi connectivity index (χ1) is 12.9. The minimum Gasteiger partial charge on any atom is -0.493 e. The van der Waals surface area contributed by atoms with Crippen LogP contribution in [0.2, 0.25) is 0 Å². The molecular formula is C21H26N2O4. The number of nitrogens with zero attached hydrogens (tertiary/aromatic N) is 2. The molecule has 6 heteroatoms. The average molecular weight is 370 g/mol. The molecular weight excluding hydrogens is 344 g/mol. The number of piperidine rings is 1. The van der Waals surface area contributed by atoms with Crippen LogP contribution in [0.25, 0.3) is 0 Å². The van der Waals surface area contributed by atoms with E-state index in [0.29, 0.717) is 24.6 Å². The standard InChI is InChI=1S/C21H26N2O4/c1-14-13-15(2)22(3)20(24)19(14)21(25)23-11-9-16(10-12-23)27-18-8-6-5-7-17(18)26-4/h5-8,13,16H,9-12H2,1-4H3. The van der Waals surface area contributed by atoms with Gasteiger partial charge in [0.1, 0.15) is 11.7 Å². The van der Waals surface area contributed by atoms with E-state index in [2.05, 4.69) is 0 Å². The number of aromatic nitrogens is 1. The van der Waals surface area contributed by atoms with Crippen molar-refractivity contribution in [2.45, 2.75) is 32.8 Å². The number of para-hydroxylation sites is 2. The van der Waals surface area contributed by atoms with Crippen molar-refractivity contribution >= 4 is 5.91 Å². The molecule has 0 unspecified atom stereocenters. The Morgan fingerprint density at radius 2 is 1.74 bits per heavy atom.